The summed E-state index contributed by atoms with van der Waals surface area (Å²) in [6, 6.07) is 1.64. The second kappa shape index (κ2) is 7.59. The number of nitrogens with zero attached hydrogens (tertiary/aromatic N) is 2. The molecule has 2 rings (SSSR count). The summed E-state index contributed by atoms with van der Waals surface area (Å²) in [4.78, 5) is 18.3. The van der Waals surface area contributed by atoms with Gasteiger partial charge in [-0.1, -0.05) is 11.6 Å². The van der Waals surface area contributed by atoms with Gasteiger partial charge >= 0.3 is 0 Å². The van der Waals surface area contributed by atoms with Gasteiger partial charge < -0.3 is 20.1 Å². The van der Waals surface area contributed by atoms with E-state index in [4.69, 9.17) is 21.4 Å². The molecule has 2 N–H and O–H groups in total. The summed E-state index contributed by atoms with van der Waals surface area (Å²) in [5.41, 5.74) is 0.494. The summed E-state index contributed by atoms with van der Waals surface area (Å²) >= 11 is 6.05. The van der Waals surface area contributed by atoms with E-state index in [2.05, 4.69) is 10.3 Å². The minimum absolute atomic E-state index is 0.0289. The van der Waals surface area contributed by atoms with E-state index in [1.54, 1.807) is 18.0 Å². The van der Waals surface area contributed by atoms with E-state index in [1.165, 1.54) is 6.20 Å². The third kappa shape index (κ3) is 4.06. The van der Waals surface area contributed by atoms with Crippen LogP contribution in [0.15, 0.2) is 12.3 Å². The van der Waals surface area contributed by atoms with E-state index >= 15 is 0 Å². The molecule has 1 amide bonds. The highest BCUT2D eigenvalue weighted by Gasteiger charge is 2.24. The highest BCUT2D eigenvalue weighted by atomic mass is 35.5. The van der Waals surface area contributed by atoms with Crippen molar-refractivity contribution in [1.29, 1.82) is 0 Å². The number of ether oxygens (including phenoxy) is 1. The highest BCUT2D eigenvalue weighted by Crippen LogP contribution is 2.22. The van der Waals surface area contributed by atoms with Gasteiger partial charge in [-0.05, 0) is 18.9 Å². The van der Waals surface area contributed by atoms with E-state index in [-0.39, 0.29) is 18.6 Å². The second-order valence-electron chi connectivity index (χ2n) is 4.89. The van der Waals surface area contributed by atoms with E-state index in [0.717, 1.165) is 12.8 Å². The summed E-state index contributed by atoms with van der Waals surface area (Å²) in [7, 11) is 1.73. The average molecular weight is 314 g/mol. The molecule has 1 saturated heterocycles. The molecule has 0 spiro atoms. The van der Waals surface area contributed by atoms with Gasteiger partial charge in [0, 0.05) is 26.3 Å². The predicted molar refractivity (Wildman–Crippen MR) is 80.8 cm³/mol. The molecule has 1 aromatic heterocycles. The number of likely N-dealkylation sites (tertiary alicyclic amines) is 1. The average Bonchev–Trinajstić information content (AvgIpc) is 2.52. The molecule has 0 aromatic carbocycles. The van der Waals surface area contributed by atoms with Crippen LogP contribution in [0.2, 0.25) is 5.02 Å². The monoisotopic (exact) mass is 313 g/mol. The van der Waals surface area contributed by atoms with E-state index in [1.807, 2.05) is 0 Å². The number of hydrogen-bond acceptors (Lipinski definition) is 5. The Labute approximate surface area is 129 Å². The van der Waals surface area contributed by atoms with Gasteiger partial charge in [-0.2, -0.15) is 0 Å². The first kappa shape index (κ1) is 16.0. The SMILES string of the molecule is CNc1ncc(C(=O)N2CCC(OCCO)CC2)cc1Cl. The van der Waals surface area contributed by atoms with Crippen LogP contribution in [0.5, 0.6) is 0 Å². The number of anilines is 1. The normalized spacial score (nSPS) is 16.0. The maximum Gasteiger partial charge on any atom is 0.255 e. The highest BCUT2D eigenvalue weighted by molar-refractivity contribution is 6.33. The fourth-order valence-electron chi connectivity index (χ4n) is 2.37. The molecule has 0 atom stereocenters. The fraction of sp³-hybridized carbons (Fsp3) is 0.571. The minimum Gasteiger partial charge on any atom is -0.394 e. The quantitative estimate of drug-likeness (QED) is 0.859. The summed E-state index contributed by atoms with van der Waals surface area (Å²) < 4.78 is 5.49. The van der Waals surface area contributed by atoms with Crippen molar-refractivity contribution in [3.63, 3.8) is 0 Å². The zero-order chi connectivity index (χ0) is 15.2. The summed E-state index contributed by atoms with van der Waals surface area (Å²) in [6.07, 6.45) is 3.21. The van der Waals surface area contributed by atoms with Crippen molar-refractivity contribution in [2.45, 2.75) is 18.9 Å². The molecule has 0 unspecified atom stereocenters. The maximum atomic E-state index is 12.4. The lowest BCUT2D eigenvalue weighted by Gasteiger charge is -2.31. The van der Waals surface area contributed by atoms with Gasteiger partial charge in [-0.3, -0.25) is 4.79 Å². The zero-order valence-electron chi connectivity index (χ0n) is 12.0. The van der Waals surface area contributed by atoms with Crippen molar-refractivity contribution in [2.75, 3.05) is 38.7 Å². The Bertz CT molecular complexity index is 490. The molecular formula is C14H20ClN3O3. The molecule has 1 aliphatic heterocycles. The van der Waals surface area contributed by atoms with Crippen LogP contribution >= 0.6 is 11.6 Å². The Hall–Kier alpha value is -1.37. The molecule has 0 radical (unpaired) electrons. The van der Waals surface area contributed by atoms with E-state index in [0.29, 0.717) is 36.1 Å². The number of aliphatic hydroxyl groups excluding tert-OH is 1. The van der Waals surface area contributed by atoms with Crippen LogP contribution in [0.1, 0.15) is 23.2 Å². The Kier molecular flexibility index (Phi) is 5.78. The number of amides is 1. The number of aromatic nitrogens is 1. The van der Waals surface area contributed by atoms with Crippen molar-refractivity contribution in [2.24, 2.45) is 0 Å². The topological polar surface area (TPSA) is 74.7 Å². The third-order valence-corrected chi connectivity index (χ3v) is 3.79. The van der Waals surface area contributed by atoms with Crippen molar-refractivity contribution in [3.8, 4) is 0 Å². The lowest BCUT2D eigenvalue weighted by atomic mass is 10.1. The number of rotatable bonds is 5. The van der Waals surface area contributed by atoms with Crippen molar-refractivity contribution < 1.29 is 14.6 Å². The van der Waals surface area contributed by atoms with Crippen LogP contribution in [-0.4, -0.2) is 60.4 Å². The Morgan fingerprint density at radius 2 is 2.29 bits per heavy atom. The summed E-state index contributed by atoms with van der Waals surface area (Å²) in [5, 5.41) is 12.0. The van der Waals surface area contributed by atoms with Crippen LogP contribution in [0, 0.1) is 0 Å². The van der Waals surface area contributed by atoms with Crippen molar-refractivity contribution >= 4 is 23.3 Å². The van der Waals surface area contributed by atoms with Crippen LogP contribution in [0.3, 0.4) is 0 Å². The molecule has 6 nitrogen and oxygen atoms in total. The van der Waals surface area contributed by atoms with Gasteiger partial charge in [0.1, 0.15) is 5.82 Å². The molecule has 1 fully saturated rings. The molecule has 21 heavy (non-hydrogen) atoms. The van der Waals surface area contributed by atoms with Crippen molar-refractivity contribution in [1.82, 2.24) is 9.88 Å². The Morgan fingerprint density at radius 3 is 2.86 bits per heavy atom. The van der Waals surface area contributed by atoms with Gasteiger partial charge in [-0.15, -0.1) is 0 Å². The van der Waals surface area contributed by atoms with Gasteiger partial charge in [0.05, 0.1) is 29.9 Å². The number of piperidine rings is 1. The molecule has 2 heterocycles. The zero-order valence-corrected chi connectivity index (χ0v) is 12.8. The summed E-state index contributed by atoms with van der Waals surface area (Å²) in [6.45, 7) is 1.66. The molecule has 0 saturated carbocycles. The fourth-order valence-corrected chi connectivity index (χ4v) is 2.63. The number of hydrogen-bond donors (Lipinski definition) is 2. The first-order valence-corrected chi connectivity index (χ1v) is 7.38. The third-order valence-electron chi connectivity index (χ3n) is 3.50. The van der Waals surface area contributed by atoms with E-state index < -0.39 is 0 Å². The van der Waals surface area contributed by atoms with Crippen molar-refractivity contribution in [3.05, 3.63) is 22.8 Å². The Balaban J connectivity index is 1.94. The van der Waals surface area contributed by atoms with Crippen LogP contribution in [0.4, 0.5) is 5.82 Å². The number of carbonyl (C=O) groups is 1. The first-order valence-electron chi connectivity index (χ1n) is 7.00. The molecule has 7 heteroatoms. The maximum absolute atomic E-state index is 12.4. The van der Waals surface area contributed by atoms with Crippen LogP contribution < -0.4 is 5.32 Å². The van der Waals surface area contributed by atoms with Gasteiger partial charge in [-0.25, -0.2) is 4.98 Å². The molecule has 116 valence electrons. The number of nitrogens with one attached hydrogen (secondary N) is 1. The number of carbonyl (C=O) groups excluding carboxylic acids is 1. The van der Waals surface area contributed by atoms with Gasteiger partial charge in [0.25, 0.3) is 5.91 Å². The lowest BCUT2D eigenvalue weighted by Crippen LogP contribution is -2.41. The molecule has 1 aliphatic rings. The van der Waals surface area contributed by atoms with Crippen LogP contribution in [0.25, 0.3) is 0 Å². The lowest BCUT2D eigenvalue weighted by molar-refractivity contribution is -0.00554. The van der Waals surface area contributed by atoms with Crippen LogP contribution in [-0.2, 0) is 4.74 Å². The largest absolute Gasteiger partial charge is 0.394 e. The van der Waals surface area contributed by atoms with E-state index in [9.17, 15) is 4.79 Å². The van der Waals surface area contributed by atoms with Gasteiger partial charge in [0.2, 0.25) is 0 Å². The second-order valence-corrected chi connectivity index (χ2v) is 5.30. The molecule has 1 aromatic rings. The number of pyridine rings is 1. The smallest absolute Gasteiger partial charge is 0.255 e. The standard InChI is InChI=1S/C14H20ClN3O3/c1-16-13-12(15)8-10(9-17-13)14(20)18-4-2-11(3-5-18)21-7-6-19/h8-9,11,19H,2-7H2,1H3,(H,16,17). The Morgan fingerprint density at radius 1 is 1.57 bits per heavy atom. The molecule has 0 bridgehead atoms. The number of aliphatic hydroxyl groups is 1. The molecular weight excluding hydrogens is 294 g/mol. The first-order chi connectivity index (χ1) is 10.2. The molecule has 0 aliphatic carbocycles. The summed E-state index contributed by atoms with van der Waals surface area (Å²) in [5.74, 6) is 0.497. The van der Waals surface area contributed by atoms with Gasteiger partial charge in [0.15, 0.2) is 0 Å². The minimum atomic E-state index is -0.0624. The number of halogens is 1. The predicted octanol–water partition coefficient (Wildman–Crippen LogP) is 1.39.